The fourth-order valence-electron chi connectivity index (χ4n) is 2.43. The predicted molar refractivity (Wildman–Crippen MR) is 99.4 cm³/mol. The largest absolute Gasteiger partial charge is 0.496 e. The molecule has 0 spiro atoms. The van der Waals surface area contributed by atoms with Crippen LogP contribution in [0.25, 0.3) is 0 Å². The number of nitrogens with two attached hydrogens (primary N) is 1. The Morgan fingerprint density at radius 2 is 1.81 bits per heavy atom. The van der Waals surface area contributed by atoms with Gasteiger partial charge in [0, 0.05) is 17.9 Å². The smallest absolute Gasteiger partial charge is 0.399 e. The summed E-state index contributed by atoms with van der Waals surface area (Å²) in [6.07, 6.45) is 4.41. The molecule has 0 radical (unpaired) electrons. The number of sulfonamides is 1. The van der Waals surface area contributed by atoms with Crippen LogP contribution in [0, 0.1) is 0 Å². The third-order valence-electron chi connectivity index (χ3n) is 4.63. The lowest BCUT2D eigenvalue weighted by atomic mass is 9.80. The Bertz CT molecular complexity index is 903. The molecule has 0 aliphatic carbocycles. The van der Waals surface area contributed by atoms with E-state index in [9.17, 15) is 8.42 Å². The molecule has 138 valence electrons. The maximum absolute atomic E-state index is 12.7. The van der Waals surface area contributed by atoms with Crippen molar-refractivity contribution in [1.82, 2.24) is 9.97 Å². The Morgan fingerprint density at radius 3 is 2.38 bits per heavy atom. The van der Waals surface area contributed by atoms with Crippen LogP contribution in [-0.2, 0) is 19.3 Å². The van der Waals surface area contributed by atoms with Crippen molar-refractivity contribution < 1.29 is 17.7 Å². The van der Waals surface area contributed by atoms with Crippen molar-refractivity contribution in [2.75, 3.05) is 10.5 Å². The van der Waals surface area contributed by atoms with E-state index < -0.39 is 28.3 Å². The zero-order valence-corrected chi connectivity index (χ0v) is 15.9. The summed E-state index contributed by atoms with van der Waals surface area (Å²) in [7, 11) is -4.68. The molecule has 8 nitrogen and oxygen atoms in total. The van der Waals surface area contributed by atoms with Crippen LogP contribution in [0.2, 0.25) is 0 Å². The van der Waals surface area contributed by atoms with E-state index in [1.54, 1.807) is 18.3 Å². The molecular weight excluding hydrogens is 355 g/mol. The molecule has 1 aliphatic heterocycles. The van der Waals surface area contributed by atoms with E-state index in [2.05, 4.69) is 14.7 Å². The summed E-state index contributed by atoms with van der Waals surface area (Å²) in [6.45, 7) is 7.66. The standard InChI is InChI=1S/C16H21BN4O4S/c1-15(2)16(3,4)25-17(24-15)11-8-13(14(18)20-9-11)26(22,23)21-12-6-5-7-19-10-12/h5-10,21H,1-4H3,(H2,18,20). The van der Waals surface area contributed by atoms with E-state index in [4.69, 9.17) is 15.0 Å². The maximum atomic E-state index is 12.7. The lowest BCUT2D eigenvalue weighted by Gasteiger charge is -2.32. The second kappa shape index (κ2) is 6.22. The molecule has 3 heterocycles. The number of hydrogen-bond acceptors (Lipinski definition) is 7. The maximum Gasteiger partial charge on any atom is 0.496 e. The van der Waals surface area contributed by atoms with Gasteiger partial charge in [0.25, 0.3) is 10.0 Å². The van der Waals surface area contributed by atoms with Crippen molar-refractivity contribution >= 4 is 34.1 Å². The molecule has 2 aromatic heterocycles. The summed E-state index contributed by atoms with van der Waals surface area (Å²) in [5, 5.41) is 0. The van der Waals surface area contributed by atoms with Crippen molar-refractivity contribution in [2.45, 2.75) is 43.8 Å². The molecule has 0 bridgehead atoms. The number of nitrogens with zero attached hydrogens (tertiary/aromatic N) is 2. The van der Waals surface area contributed by atoms with Gasteiger partial charge in [-0.2, -0.15) is 0 Å². The molecule has 3 N–H and O–H groups in total. The van der Waals surface area contributed by atoms with Gasteiger partial charge in [0.15, 0.2) is 0 Å². The predicted octanol–water partition coefficient (Wildman–Crippen LogP) is 1.16. The Hall–Kier alpha value is -2.17. The average molecular weight is 376 g/mol. The highest BCUT2D eigenvalue weighted by atomic mass is 32.2. The first-order chi connectivity index (χ1) is 12.0. The van der Waals surface area contributed by atoms with Gasteiger partial charge in [0.05, 0.1) is 23.1 Å². The topological polar surface area (TPSA) is 116 Å². The number of pyridine rings is 2. The van der Waals surface area contributed by atoms with Gasteiger partial charge in [-0.15, -0.1) is 0 Å². The van der Waals surface area contributed by atoms with Crippen LogP contribution in [0.1, 0.15) is 27.7 Å². The lowest BCUT2D eigenvalue weighted by molar-refractivity contribution is 0.00578. The molecule has 1 fully saturated rings. The van der Waals surface area contributed by atoms with Gasteiger partial charge in [0.1, 0.15) is 10.7 Å². The van der Waals surface area contributed by atoms with Crippen LogP contribution < -0.4 is 15.9 Å². The summed E-state index contributed by atoms with van der Waals surface area (Å²) < 4.78 is 39.7. The van der Waals surface area contributed by atoms with Crippen molar-refractivity contribution in [3.05, 3.63) is 36.8 Å². The average Bonchev–Trinajstić information content (AvgIpc) is 2.76. The Kier molecular flexibility index (Phi) is 4.46. The third-order valence-corrected chi connectivity index (χ3v) is 6.04. The minimum absolute atomic E-state index is 0.110. The van der Waals surface area contributed by atoms with Gasteiger partial charge >= 0.3 is 7.12 Å². The van der Waals surface area contributed by atoms with E-state index in [0.717, 1.165) is 0 Å². The zero-order chi connectivity index (χ0) is 19.2. The van der Waals surface area contributed by atoms with Crippen LogP contribution in [0.3, 0.4) is 0 Å². The second-order valence-corrected chi connectivity index (χ2v) is 8.74. The number of rotatable bonds is 4. The first-order valence-corrected chi connectivity index (χ1v) is 9.54. The van der Waals surface area contributed by atoms with E-state index in [-0.39, 0.29) is 10.7 Å². The fraction of sp³-hybridized carbons (Fsp3) is 0.375. The monoisotopic (exact) mass is 376 g/mol. The van der Waals surface area contributed by atoms with Gasteiger partial charge < -0.3 is 15.0 Å². The molecule has 1 saturated heterocycles. The number of hydrogen-bond donors (Lipinski definition) is 2. The molecule has 0 atom stereocenters. The van der Waals surface area contributed by atoms with Crippen LogP contribution in [0.5, 0.6) is 0 Å². The Morgan fingerprint density at radius 1 is 1.15 bits per heavy atom. The molecule has 26 heavy (non-hydrogen) atoms. The fourth-order valence-corrected chi connectivity index (χ4v) is 3.59. The van der Waals surface area contributed by atoms with Crippen molar-refractivity contribution in [1.29, 1.82) is 0 Å². The number of anilines is 2. The van der Waals surface area contributed by atoms with Gasteiger partial charge in [-0.1, -0.05) is 0 Å². The highest BCUT2D eigenvalue weighted by Gasteiger charge is 2.52. The molecule has 0 aromatic carbocycles. The first-order valence-electron chi connectivity index (χ1n) is 8.06. The normalized spacial score (nSPS) is 18.7. The Balaban J connectivity index is 1.94. The summed E-state index contributed by atoms with van der Waals surface area (Å²) >= 11 is 0. The van der Waals surface area contributed by atoms with Crippen LogP contribution in [-0.4, -0.2) is 36.7 Å². The summed E-state index contributed by atoms with van der Waals surface area (Å²) in [4.78, 5) is 7.75. The first kappa shape index (κ1) is 18.6. The minimum Gasteiger partial charge on any atom is -0.399 e. The number of aromatic nitrogens is 2. The zero-order valence-electron chi connectivity index (χ0n) is 15.1. The highest BCUT2D eigenvalue weighted by molar-refractivity contribution is 7.92. The molecule has 10 heteroatoms. The molecule has 3 rings (SSSR count). The number of nitrogens with one attached hydrogen (secondary N) is 1. The number of nitrogen functional groups attached to an aromatic ring is 1. The molecule has 0 saturated carbocycles. The summed E-state index contributed by atoms with van der Waals surface area (Å²) in [5.41, 5.74) is 5.51. The molecular formula is C16H21BN4O4S. The van der Waals surface area contributed by atoms with Gasteiger partial charge in [-0.25, -0.2) is 13.4 Å². The molecule has 0 amide bonds. The van der Waals surface area contributed by atoms with Crippen molar-refractivity contribution in [2.24, 2.45) is 0 Å². The molecule has 1 aliphatic rings. The van der Waals surface area contributed by atoms with E-state index in [1.165, 1.54) is 18.5 Å². The van der Waals surface area contributed by atoms with Crippen molar-refractivity contribution in [3.8, 4) is 0 Å². The van der Waals surface area contributed by atoms with E-state index in [1.807, 2.05) is 27.7 Å². The van der Waals surface area contributed by atoms with Crippen LogP contribution in [0.15, 0.2) is 41.7 Å². The van der Waals surface area contributed by atoms with Crippen molar-refractivity contribution in [3.63, 3.8) is 0 Å². The SMILES string of the molecule is CC1(C)OB(c2cnc(N)c(S(=O)(=O)Nc3cccnc3)c2)OC1(C)C. The Labute approximate surface area is 153 Å². The molecule has 2 aromatic rings. The van der Waals surface area contributed by atoms with E-state index in [0.29, 0.717) is 11.2 Å². The van der Waals surface area contributed by atoms with Gasteiger partial charge in [-0.05, 0) is 45.9 Å². The summed E-state index contributed by atoms with van der Waals surface area (Å²) in [6, 6.07) is 4.63. The molecule has 0 unspecified atom stereocenters. The second-order valence-electron chi connectivity index (χ2n) is 7.09. The van der Waals surface area contributed by atoms with Crippen LogP contribution >= 0.6 is 0 Å². The van der Waals surface area contributed by atoms with Gasteiger partial charge in [0.2, 0.25) is 0 Å². The lowest BCUT2D eigenvalue weighted by Crippen LogP contribution is -2.41. The quantitative estimate of drug-likeness (QED) is 0.769. The van der Waals surface area contributed by atoms with E-state index >= 15 is 0 Å². The van der Waals surface area contributed by atoms with Crippen LogP contribution in [0.4, 0.5) is 11.5 Å². The summed E-state index contributed by atoms with van der Waals surface area (Å²) in [5.74, 6) is -0.110. The minimum atomic E-state index is -3.94. The third kappa shape index (κ3) is 3.40. The van der Waals surface area contributed by atoms with Gasteiger partial charge in [-0.3, -0.25) is 9.71 Å². The highest BCUT2D eigenvalue weighted by Crippen LogP contribution is 2.36.